The summed E-state index contributed by atoms with van der Waals surface area (Å²) in [6.07, 6.45) is 0. The SMILES string of the molecule is CC1(C)c2ccccc2-c2ccc(N(c3ccc4c(c3)sc3ccccc34)c3cccc4c3oc3cccc(N(c5ccccc5)c5ccccc5)c34)cc21. The molecule has 1 aliphatic carbocycles. The normalized spacial score (nSPS) is 13.1. The van der Waals surface area contributed by atoms with Gasteiger partial charge in [0, 0.05) is 53.7 Å². The number of thiophene rings is 1. The number of anilines is 6. The topological polar surface area (TPSA) is 19.6 Å². The summed E-state index contributed by atoms with van der Waals surface area (Å²) in [7, 11) is 0. The maximum absolute atomic E-state index is 7.02. The van der Waals surface area contributed by atoms with Crippen LogP contribution in [0.3, 0.4) is 0 Å². The van der Waals surface area contributed by atoms with E-state index in [-0.39, 0.29) is 5.41 Å². The number of furan rings is 1. The first-order chi connectivity index (χ1) is 27.0. The Morgan fingerprint density at radius 2 is 1.04 bits per heavy atom. The average molecular weight is 725 g/mol. The van der Waals surface area contributed by atoms with E-state index in [1.54, 1.807) is 0 Å². The van der Waals surface area contributed by atoms with Crippen molar-refractivity contribution >= 4 is 87.6 Å². The van der Waals surface area contributed by atoms with E-state index in [1.807, 2.05) is 11.3 Å². The predicted octanol–water partition coefficient (Wildman–Crippen LogP) is 15.2. The summed E-state index contributed by atoms with van der Waals surface area (Å²) in [6, 6.07) is 65.7. The van der Waals surface area contributed by atoms with Crippen LogP contribution in [0, 0.1) is 0 Å². The van der Waals surface area contributed by atoms with E-state index >= 15 is 0 Å². The molecule has 11 rings (SSSR count). The molecule has 0 aliphatic heterocycles. The highest BCUT2D eigenvalue weighted by Gasteiger charge is 2.36. The molecule has 0 spiro atoms. The number of para-hydroxylation sites is 3. The third kappa shape index (κ3) is 4.88. The molecular formula is C51H36N2OS. The summed E-state index contributed by atoms with van der Waals surface area (Å²) in [5.41, 5.74) is 13.3. The zero-order chi connectivity index (χ0) is 36.7. The maximum atomic E-state index is 7.02. The molecule has 10 aromatic rings. The van der Waals surface area contributed by atoms with E-state index in [2.05, 4.69) is 206 Å². The molecule has 0 unspecified atom stereocenters. The minimum absolute atomic E-state index is 0.137. The standard InChI is InChI=1S/C51H36N2OS/c1-51(2)42-22-11-9-19-37(42)38-29-27-35(31-43(38)51)53(36-28-30-40-39-20-10-12-26-47(39)55-48(40)32-36)45-24-13-21-41-49-44(23-14-25-46(49)54-50(41)45)52(33-15-5-3-6-16-33)34-17-7-4-8-18-34/h3-32H,1-2H3. The Labute approximate surface area is 323 Å². The van der Waals surface area contributed by atoms with Gasteiger partial charge >= 0.3 is 0 Å². The van der Waals surface area contributed by atoms with Crippen molar-refractivity contribution in [1.82, 2.24) is 0 Å². The summed E-state index contributed by atoms with van der Waals surface area (Å²) in [5, 5.41) is 4.73. The van der Waals surface area contributed by atoms with Crippen molar-refractivity contribution in [3.8, 4) is 11.1 Å². The van der Waals surface area contributed by atoms with E-state index in [0.717, 1.165) is 56.1 Å². The van der Waals surface area contributed by atoms with Gasteiger partial charge in [-0.3, -0.25) is 0 Å². The van der Waals surface area contributed by atoms with Crippen molar-refractivity contribution in [2.24, 2.45) is 0 Å². The highest BCUT2D eigenvalue weighted by molar-refractivity contribution is 7.25. The first-order valence-corrected chi connectivity index (χ1v) is 19.7. The zero-order valence-corrected chi connectivity index (χ0v) is 31.3. The van der Waals surface area contributed by atoms with Gasteiger partial charge in [0.1, 0.15) is 5.58 Å². The molecule has 262 valence electrons. The van der Waals surface area contributed by atoms with Gasteiger partial charge in [0.05, 0.1) is 16.8 Å². The van der Waals surface area contributed by atoms with Gasteiger partial charge in [-0.2, -0.15) is 0 Å². The van der Waals surface area contributed by atoms with Crippen molar-refractivity contribution in [1.29, 1.82) is 0 Å². The zero-order valence-electron chi connectivity index (χ0n) is 30.5. The summed E-state index contributed by atoms with van der Waals surface area (Å²) in [4.78, 5) is 4.73. The Bertz CT molecular complexity index is 3050. The molecule has 4 heteroatoms. The second-order valence-electron chi connectivity index (χ2n) is 14.9. The van der Waals surface area contributed by atoms with Crippen molar-refractivity contribution < 1.29 is 4.42 Å². The molecule has 2 aromatic heterocycles. The molecule has 0 bridgehead atoms. The molecule has 0 N–H and O–H groups in total. The molecule has 2 heterocycles. The molecule has 0 saturated heterocycles. The third-order valence-electron chi connectivity index (χ3n) is 11.4. The van der Waals surface area contributed by atoms with Gasteiger partial charge < -0.3 is 14.2 Å². The minimum atomic E-state index is -0.137. The lowest BCUT2D eigenvalue weighted by Crippen LogP contribution is -2.16. The first-order valence-electron chi connectivity index (χ1n) is 18.8. The van der Waals surface area contributed by atoms with Crippen LogP contribution < -0.4 is 9.80 Å². The Kier molecular flexibility index (Phi) is 7.07. The lowest BCUT2D eigenvalue weighted by atomic mass is 9.82. The summed E-state index contributed by atoms with van der Waals surface area (Å²) in [6.45, 7) is 4.70. The summed E-state index contributed by atoms with van der Waals surface area (Å²) < 4.78 is 9.58. The fourth-order valence-corrected chi connectivity index (χ4v) is 10.0. The number of fused-ring (bicyclic) bond motifs is 9. The van der Waals surface area contributed by atoms with E-state index < -0.39 is 0 Å². The minimum Gasteiger partial charge on any atom is -0.454 e. The van der Waals surface area contributed by atoms with Gasteiger partial charge in [-0.25, -0.2) is 0 Å². The van der Waals surface area contributed by atoms with Crippen LogP contribution in [0.5, 0.6) is 0 Å². The number of hydrogen-bond donors (Lipinski definition) is 0. The lowest BCUT2D eigenvalue weighted by Gasteiger charge is -2.28. The summed E-state index contributed by atoms with van der Waals surface area (Å²) in [5.74, 6) is 0. The average Bonchev–Trinajstić information content (AvgIpc) is 3.87. The Hall–Kier alpha value is -6.62. The van der Waals surface area contributed by atoms with E-state index in [0.29, 0.717) is 0 Å². The Morgan fingerprint density at radius 1 is 0.436 bits per heavy atom. The fraction of sp³-hybridized carbons (Fsp3) is 0.0588. The van der Waals surface area contributed by atoms with Gasteiger partial charge in [-0.1, -0.05) is 123 Å². The van der Waals surface area contributed by atoms with Crippen LogP contribution in [0.25, 0.3) is 53.2 Å². The molecule has 0 radical (unpaired) electrons. The van der Waals surface area contributed by atoms with E-state index in [1.165, 1.54) is 42.4 Å². The smallest absolute Gasteiger partial charge is 0.159 e. The van der Waals surface area contributed by atoms with Crippen LogP contribution >= 0.6 is 11.3 Å². The third-order valence-corrected chi connectivity index (χ3v) is 12.6. The lowest BCUT2D eigenvalue weighted by molar-refractivity contribution is 0.660. The number of hydrogen-bond acceptors (Lipinski definition) is 4. The van der Waals surface area contributed by atoms with Crippen LogP contribution in [-0.4, -0.2) is 0 Å². The van der Waals surface area contributed by atoms with Gasteiger partial charge in [-0.05, 0) is 95.1 Å². The van der Waals surface area contributed by atoms with Crippen LogP contribution in [-0.2, 0) is 5.41 Å². The van der Waals surface area contributed by atoms with Crippen LogP contribution in [0.2, 0.25) is 0 Å². The molecule has 0 fully saturated rings. The highest BCUT2D eigenvalue weighted by atomic mass is 32.1. The monoisotopic (exact) mass is 724 g/mol. The highest BCUT2D eigenvalue weighted by Crippen LogP contribution is 2.52. The maximum Gasteiger partial charge on any atom is 0.159 e. The van der Waals surface area contributed by atoms with Crippen molar-refractivity contribution in [2.45, 2.75) is 19.3 Å². The molecule has 0 amide bonds. The molecular weight excluding hydrogens is 689 g/mol. The van der Waals surface area contributed by atoms with Crippen molar-refractivity contribution in [3.05, 3.63) is 193 Å². The van der Waals surface area contributed by atoms with Crippen LogP contribution in [0.15, 0.2) is 186 Å². The van der Waals surface area contributed by atoms with Crippen LogP contribution in [0.1, 0.15) is 25.0 Å². The largest absolute Gasteiger partial charge is 0.454 e. The molecule has 1 aliphatic rings. The summed E-state index contributed by atoms with van der Waals surface area (Å²) >= 11 is 1.85. The fourth-order valence-electron chi connectivity index (χ4n) is 8.87. The Morgan fingerprint density at radius 3 is 1.85 bits per heavy atom. The van der Waals surface area contributed by atoms with Gasteiger partial charge in [0.25, 0.3) is 0 Å². The molecule has 0 saturated carbocycles. The molecule has 3 nitrogen and oxygen atoms in total. The van der Waals surface area contributed by atoms with Gasteiger partial charge in [-0.15, -0.1) is 11.3 Å². The van der Waals surface area contributed by atoms with Crippen LogP contribution in [0.4, 0.5) is 34.1 Å². The second-order valence-corrected chi connectivity index (χ2v) is 16.0. The molecule has 0 atom stereocenters. The van der Waals surface area contributed by atoms with Crippen molar-refractivity contribution in [2.75, 3.05) is 9.80 Å². The number of benzene rings is 8. The molecule has 8 aromatic carbocycles. The first kappa shape index (κ1) is 31.9. The van der Waals surface area contributed by atoms with Crippen molar-refractivity contribution in [3.63, 3.8) is 0 Å². The van der Waals surface area contributed by atoms with Gasteiger partial charge in [0.15, 0.2) is 5.58 Å². The second kappa shape index (κ2) is 12.2. The number of rotatable bonds is 6. The van der Waals surface area contributed by atoms with E-state index in [4.69, 9.17) is 4.42 Å². The predicted molar refractivity (Wildman–Crippen MR) is 234 cm³/mol. The molecule has 55 heavy (non-hydrogen) atoms. The number of nitrogens with zero attached hydrogens (tertiary/aromatic N) is 2. The quantitative estimate of drug-likeness (QED) is 0.170. The van der Waals surface area contributed by atoms with Gasteiger partial charge in [0.2, 0.25) is 0 Å². The van der Waals surface area contributed by atoms with E-state index in [9.17, 15) is 0 Å². The Balaban J connectivity index is 1.16.